The van der Waals surface area contributed by atoms with Gasteiger partial charge in [0.15, 0.2) is 41.7 Å². The number of aliphatic hydroxyl groups excluding tert-OH is 5. The van der Waals surface area contributed by atoms with Crippen LogP contribution in [0.2, 0.25) is 0 Å². The summed E-state index contributed by atoms with van der Waals surface area (Å²) in [5.41, 5.74) is 0.927. The van der Waals surface area contributed by atoms with Crippen molar-refractivity contribution in [2.45, 2.75) is 74.8 Å². The third kappa shape index (κ3) is 7.95. The first-order valence-electron chi connectivity index (χ1n) is 13.7. The lowest BCUT2D eigenvalue weighted by Crippen LogP contribution is -2.62. The van der Waals surface area contributed by atoms with Gasteiger partial charge in [-0.3, -0.25) is 0 Å². The average Bonchev–Trinajstić information content (AvgIpc) is 2.99. The summed E-state index contributed by atoms with van der Waals surface area (Å²) in [5, 5.41) is 90.3. The first-order valence-corrected chi connectivity index (χ1v) is 13.7. The molecule has 2 aromatic carbocycles. The van der Waals surface area contributed by atoms with Gasteiger partial charge in [-0.2, -0.15) is 0 Å². The number of esters is 1. The molecule has 4 rings (SSSR count). The maximum Gasteiger partial charge on any atom is 0.331 e. The van der Waals surface area contributed by atoms with E-state index in [1.54, 1.807) is 6.07 Å². The number of phenolic OH excluding ortho intramolecular Hbond substituents is 4. The van der Waals surface area contributed by atoms with Gasteiger partial charge in [-0.1, -0.05) is 12.1 Å². The van der Waals surface area contributed by atoms with Crippen LogP contribution < -0.4 is 0 Å². The van der Waals surface area contributed by atoms with Gasteiger partial charge in [-0.25, -0.2) is 4.79 Å². The largest absolute Gasteiger partial charge is 0.504 e. The SMILES string of the molecule is C[C@H]1O[C@@H](OCC2O[C@@H](OCCc3ccc(O)c(O)c3)[C@H](O)[C@@H](O)[C@H]2OC(=O)/C=C/c2ccc(O)c(O)c2)[C@H](O)[C@H](O)[C@H]1O. The van der Waals surface area contributed by atoms with E-state index in [1.165, 1.54) is 43.3 Å². The molecule has 0 aromatic heterocycles. The van der Waals surface area contributed by atoms with Crippen LogP contribution in [-0.4, -0.2) is 127 Å². The monoisotopic (exact) mass is 624 g/mol. The van der Waals surface area contributed by atoms with Crippen molar-refractivity contribution in [3.63, 3.8) is 0 Å². The summed E-state index contributed by atoms with van der Waals surface area (Å²) in [5.74, 6) is -2.37. The second kappa shape index (κ2) is 14.5. The number of carbonyl (C=O) groups is 1. The van der Waals surface area contributed by atoms with Gasteiger partial charge in [-0.15, -0.1) is 0 Å². The van der Waals surface area contributed by atoms with Gasteiger partial charge in [0.05, 0.1) is 19.3 Å². The molecule has 242 valence electrons. The number of benzene rings is 2. The van der Waals surface area contributed by atoms with Gasteiger partial charge in [-0.05, 0) is 54.8 Å². The fourth-order valence-corrected chi connectivity index (χ4v) is 4.66. The molecule has 2 fully saturated rings. The minimum atomic E-state index is -1.75. The molecule has 0 aliphatic carbocycles. The molecular weight excluding hydrogens is 588 g/mol. The number of hydrogen-bond donors (Lipinski definition) is 9. The maximum atomic E-state index is 12.7. The Bertz CT molecular complexity index is 1300. The molecular formula is C29H36O15. The molecule has 0 amide bonds. The van der Waals surface area contributed by atoms with Gasteiger partial charge in [0.1, 0.15) is 36.6 Å². The minimum absolute atomic E-state index is 0.0645. The highest BCUT2D eigenvalue weighted by Gasteiger charge is 2.49. The highest BCUT2D eigenvalue weighted by Crippen LogP contribution is 2.29. The van der Waals surface area contributed by atoms with Crippen LogP contribution in [0.1, 0.15) is 18.1 Å². The topological polar surface area (TPSA) is 245 Å². The lowest BCUT2D eigenvalue weighted by molar-refractivity contribution is -0.328. The van der Waals surface area contributed by atoms with Gasteiger partial charge in [0.25, 0.3) is 0 Å². The third-order valence-electron chi connectivity index (χ3n) is 7.25. The smallest absolute Gasteiger partial charge is 0.331 e. The Hall–Kier alpha value is -3.51. The Kier molecular flexibility index (Phi) is 11.0. The summed E-state index contributed by atoms with van der Waals surface area (Å²) in [6.07, 6.45) is -12.2. The molecule has 10 atom stereocenters. The molecule has 9 N–H and O–H groups in total. The van der Waals surface area contributed by atoms with E-state index in [2.05, 4.69) is 0 Å². The second-order valence-corrected chi connectivity index (χ2v) is 10.5. The zero-order valence-corrected chi connectivity index (χ0v) is 23.5. The van der Waals surface area contributed by atoms with E-state index in [9.17, 15) is 50.8 Å². The predicted molar refractivity (Wildman–Crippen MR) is 147 cm³/mol. The molecule has 0 bridgehead atoms. The Labute approximate surface area is 251 Å². The Balaban J connectivity index is 1.45. The predicted octanol–water partition coefficient (Wildman–Crippen LogP) is -1.02. The Morgan fingerprint density at radius 2 is 1.41 bits per heavy atom. The average molecular weight is 625 g/mol. The molecule has 0 spiro atoms. The number of hydrogen-bond acceptors (Lipinski definition) is 15. The lowest BCUT2D eigenvalue weighted by atomic mass is 9.98. The third-order valence-corrected chi connectivity index (χ3v) is 7.25. The molecule has 0 radical (unpaired) electrons. The van der Waals surface area contributed by atoms with E-state index in [0.717, 1.165) is 6.08 Å². The van der Waals surface area contributed by atoms with Crippen molar-refractivity contribution in [3.8, 4) is 23.0 Å². The van der Waals surface area contributed by atoms with Crippen LogP contribution in [0.5, 0.6) is 23.0 Å². The molecule has 15 nitrogen and oxygen atoms in total. The van der Waals surface area contributed by atoms with Crippen molar-refractivity contribution < 1.29 is 74.4 Å². The molecule has 2 aliphatic heterocycles. The zero-order valence-electron chi connectivity index (χ0n) is 23.5. The number of aliphatic hydroxyl groups is 5. The summed E-state index contributed by atoms with van der Waals surface area (Å²) >= 11 is 0. The van der Waals surface area contributed by atoms with Crippen LogP contribution >= 0.6 is 0 Å². The van der Waals surface area contributed by atoms with Gasteiger partial charge in [0.2, 0.25) is 0 Å². The van der Waals surface area contributed by atoms with Crippen molar-refractivity contribution in [2.75, 3.05) is 13.2 Å². The van der Waals surface area contributed by atoms with E-state index < -0.39 is 79.7 Å². The molecule has 1 unspecified atom stereocenters. The molecule has 2 saturated heterocycles. The van der Waals surface area contributed by atoms with Crippen molar-refractivity contribution >= 4 is 12.0 Å². The normalized spacial score (nSPS) is 32.5. The van der Waals surface area contributed by atoms with Gasteiger partial charge >= 0.3 is 5.97 Å². The van der Waals surface area contributed by atoms with E-state index in [-0.39, 0.29) is 30.3 Å². The van der Waals surface area contributed by atoms with Crippen molar-refractivity contribution in [1.82, 2.24) is 0 Å². The number of phenols is 4. The summed E-state index contributed by atoms with van der Waals surface area (Å²) in [6.45, 7) is 0.890. The first kappa shape index (κ1) is 33.4. The molecule has 2 aromatic rings. The number of ether oxygens (including phenoxy) is 5. The van der Waals surface area contributed by atoms with E-state index in [0.29, 0.717) is 11.1 Å². The highest BCUT2D eigenvalue weighted by atomic mass is 16.7. The van der Waals surface area contributed by atoms with Gasteiger partial charge in [0, 0.05) is 6.08 Å². The van der Waals surface area contributed by atoms with Crippen LogP contribution in [0.3, 0.4) is 0 Å². The first-order chi connectivity index (χ1) is 20.8. The van der Waals surface area contributed by atoms with Crippen LogP contribution in [0.15, 0.2) is 42.5 Å². The van der Waals surface area contributed by atoms with Crippen molar-refractivity contribution in [2.24, 2.45) is 0 Å². The lowest BCUT2D eigenvalue weighted by Gasteiger charge is -2.43. The van der Waals surface area contributed by atoms with E-state index in [4.69, 9.17) is 23.7 Å². The van der Waals surface area contributed by atoms with Crippen LogP contribution in [0, 0.1) is 0 Å². The van der Waals surface area contributed by atoms with Crippen molar-refractivity contribution in [1.29, 1.82) is 0 Å². The molecule has 15 heteroatoms. The number of aromatic hydroxyl groups is 4. The van der Waals surface area contributed by atoms with Crippen LogP contribution in [-0.2, 0) is 34.9 Å². The molecule has 44 heavy (non-hydrogen) atoms. The fourth-order valence-electron chi connectivity index (χ4n) is 4.66. The minimum Gasteiger partial charge on any atom is -0.504 e. The summed E-state index contributed by atoms with van der Waals surface area (Å²) < 4.78 is 27.8. The highest BCUT2D eigenvalue weighted by molar-refractivity contribution is 5.87. The molecule has 2 heterocycles. The van der Waals surface area contributed by atoms with E-state index in [1.807, 2.05) is 0 Å². The Morgan fingerprint density at radius 3 is 2.09 bits per heavy atom. The van der Waals surface area contributed by atoms with Crippen molar-refractivity contribution in [3.05, 3.63) is 53.6 Å². The molecule has 0 saturated carbocycles. The maximum absolute atomic E-state index is 12.7. The van der Waals surface area contributed by atoms with E-state index >= 15 is 0 Å². The quantitative estimate of drug-likeness (QED) is 0.0873. The zero-order chi connectivity index (χ0) is 32.1. The summed E-state index contributed by atoms with van der Waals surface area (Å²) in [4.78, 5) is 12.7. The molecule has 2 aliphatic rings. The van der Waals surface area contributed by atoms with Crippen LogP contribution in [0.4, 0.5) is 0 Å². The standard InChI is InChI=1S/C29H36O15/c1-13-22(35)23(36)25(38)29(42-13)41-12-20-27(44-21(34)7-4-14-2-5-16(30)18(32)10-14)24(37)26(39)28(43-20)40-9-8-15-3-6-17(31)19(33)11-15/h2-7,10-11,13,20,22-33,35-39H,8-9,12H2,1H3/b7-4+/t13-,20?,22+,23-,24-,25-,26-,27+,28-,29-/m1/s1. The number of rotatable bonds is 10. The Morgan fingerprint density at radius 1 is 0.773 bits per heavy atom. The fraction of sp³-hybridized carbons (Fsp3) is 0.483. The summed E-state index contributed by atoms with van der Waals surface area (Å²) in [6, 6.07) is 8.00. The second-order valence-electron chi connectivity index (χ2n) is 10.5. The number of carbonyl (C=O) groups excluding carboxylic acids is 1. The van der Waals surface area contributed by atoms with Gasteiger partial charge < -0.3 is 69.6 Å². The summed E-state index contributed by atoms with van der Waals surface area (Å²) in [7, 11) is 0. The van der Waals surface area contributed by atoms with Crippen LogP contribution in [0.25, 0.3) is 6.08 Å².